The zero-order valence-corrected chi connectivity index (χ0v) is 11.4. The number of carbonyl (C=O) groups excluding carboxylic acids is 1. The van der Waals surface area contributed by atoms with Gasteiger partial charge in [0.15, 0.2) is 5.78 Å². The Labute approximate surface area is 108 Å². The van der Waals surface area contributed by atoms with Crippen LogP contribution in [0.2, 0.25) is 0 Å². The molecule has 1 rings (SSSR count). The van der Waals surface area contributed by atoms with Gasteiger partial charge in [-0.3, -0.25) is 4.79 Å². The lowest BCUT2D eigenvalue weighted by Gasteiger charge is -2.15. The van der Waals surface area contributed by atoms with Crippen LogP contribution >= 0.6 is 0 Å². The molecule has 0 fully saturated rings. The van der Waals surface area contributed by atoms with Crippen LogP contribution < -0.4 is 9.47 Å². The maximum Gasteiger partial charge on any atom is 0.191 e. The Morgan fingerprint density at radius 3 is 2.06 bits per heavy atom. The molecule has 4 nitrogen and oxygen atoms in total. The molecule has 0 amide bonds. The molecule has 0 N–H and O–H groups in total. The van der Waals surface area contributed by atoms with E-state index in [0.717, 1.165) is 0 Å². The zero-order valence-electron chi connectivity index (χ0n) is 11.4. The van der Waals surface area contributed by atoms with Crippen LogP contribution in [0.15, 0.2) is 18.2 Å². The first-order chi connectivity index (χ1) is 8.65. The van der Waals surface area contributed by atoms with Gasteiger partial charge in [0.2, 0.25) is 0 Å². The molecule has 0 radical (unpaired) electrons. The van der Waals surface area contributed by atoms with Gasteiger partial charge in [-0.2, -0.15) is 0 Å². The Bertz CT molecular complexity index is 379. The molecular formula is C14H20O4. The highest BCUT2D eigenvalue weighted by atomic mass is 16.5. The number of carbonyl (C=O) groups is 1. The fourth-order valence-corrected chi connectivity index (χ4v) is 1.72. The van der Waals surface area contributed by atoms with Crippen LogP contribution in [0.1, 0.15) is 30.6 Å². The summed E-state index contributed by atoms with van der Waals surface area (Å²) in [5.41, 5.74) is 0.548. The predicted molar refractivity (Wildman–Crippen MR) is 69.6 cm³/mol. The molecule has 1 aromatic carbocycles. The predicted octanol–water partition coefficient (Wildman–Crippen LogP) is 2.70. The van der Waals surface area contributed by atoms with Gasteiger partial charge in [-0.15, -0.1) is 0 Å². The van der Waals surface area contributed by atoms with Gasteiger partial charge in [0.05, 0.1) is 14.2 Å². The monoisotopic (exact) mass is 252 g/mol. The van der Waals surface area contributed by atoms with E-state index in [9.17, 15) is 4.79 Å². The number of ether oxygens (including phenoxy) is 3. The summed E-state index contributed by atoms with van der Waals surface area (Å²) in [5, 5.41) is 0. The summed E-state index contributed by atoms with van der Waals surface area (Å²) in [5.74, 6) is 1.16. The van der Waals surface area contributed by atoms with Crippen molar-refractivity contribution < 1.29 is 19.0 Å². The second kappa shape index (κ2) is 7.01. The van der Waals surface area contributed by atoms with Crippen LogP contribution in [0, 0.1) is 0 Å². The quantitative estimate of drug-likeness (QED) is 0.700. The van der Waals surface area contributed by atoms with E-state index >= 15 is 0 Å². The third-order valence-electron chi connectivity index (χ3n) is 2.67. The van der Waals surface area contributed by atoms with Gasteiger partial charge in [-0.1, -0.05) is 6.92 Å². The highest BCUT2D eigenvalue weighted by Gasteiger charge is 2.19. The van der Waals surface area contributed by atoms with Crippen molar-refractivity contribution in [3.05, 3.63) is 23.8 Å². The molecule has 0 heterocycles. The van der Waals surface area contributed by atoms with Crippen molar-refractivity contribution >= 4 is 5.78 Å². The van der Waals surface area contributed by atoms with Gasteiger partial charge in [-0.25, -0.2) is 0 Å². The summed E-state index contributed by atoms with van der Waals surface area (Å²) in [4.78, 5) is 12.3. The average Bonchev–Trinajstić information content (AvgIpc) is 2.43. The lowest BCUT2D eigenvalue weighted by molar-refractivity contribution is 0.0443. The highest BCUT2D eigenvalue weighted by Crippen LogP contribution is 2.24. The molecule has 0 saturated carbocycles. The van der Waals surface area contributed by atoms with Crippen LogP contribution in [0.25, 0.3) is 0 Å². The molecule has 0 bridgehead atoms. The number of rotatable bonds is 7. The second-order valence-electron chi connectivity index (χ2n) is 3.82. The maximum absolute atomic E-state index is 12.3. The van der Waals surface area contributed by atoms with E-state index in [1.165, 1.54) is 0 Å². The molecule has 1 aromatic rings. The minimum atomic E-state index is -0.410. The first kappa shape index (κ1) is 14.5. The minimum absolute atomic E-state index is 0.0449. The third-order valence-corrected chi connectivity index (χ3v) is 2.67. The molecule has 0 aromatic heterocycles. The van der Waals surface area contributed by atoms with E-state index in [-0.39, 0.29) is 5.78 Å². The lowest BCUT2D eigenvalue weighted by atomic mass is 10.0. The van der Waals surface area contributed by atoms with Crippen molar-refractivity contribution in [2.75, 3.05) is 20.8 Å². The third kappa shape index (κ3) is 3.47. The van der Waals surface area contributed by atoms with E-state index in [0.29, 0.717) is 30.1 Å². The Hall–Kier alpha value is -1.55. The molecular weight excluding hydrogens is 232 g/mol. The Balaban J connectivity index is 3.03. The summed E-state index contributed by atoms with van der Waals surface area (Å²) in [6.45, 7) is 4.32. The van der Waals surface area contributed by atoms with E-state index < -0.39 is 6.10 Å². The molecule has 18 heavy (non-hydrogen) atoms. The summed E-state index contributed by atoms with van der Waals surface area (Å²) < 4.78 is 15.7. The molecule has 0 aliphatic rings. The van der Waals surface area contributed by atoms with Gasteiger partial charge in [0, 0.05) is 18.2 Å². The average molecular weight is 252 g/mol. The molecule has 100 valence electrons. The largest absolute Gasteiger partial charge is 0.497 e. The molecule has 1 unspecified atom stereocenters. The van der Waals surface area contributed by atoms with Crippen LogP contribution in [-0.4, -0.2) is 32.7 Å². The van der Waals surface area contributed by atoms with E-state index in [1.807, 2.05) is 13.8 Å². The summed E-state index contributed by atoms with van der Waals surface area (Å²) in [6.07, 6.45) is 0.235. The standard InChI is InChI=1S/C14H20O4/c1-5-13(18-6-2)14(15)10-7-11(16-3)9-12(8-10)17-4/h7-9,13H,5-6H2,1-4H3. The van der Waals surface area contributed by atoms with Crippen LogP contribution in [0.3, 0.4) is 0 Å². The van der Waals surface area contributed by atoms with Crippen LogP contribution in [-0.2, 0) is 4.74 Å². The van der Waals surface area contributed by atoms with Gasteiger partial charge in [0.25, 0.3) is 0 Å². The molecule has 0 aliphatic heterocycles. The second-order valence-corrected chi connectivity index (χ2v) is 3.82. The van der Waals surface area contributed by atoms with Crippen molar-refractivity contribution in [3.8, 4) is 11.5 Å². The maximum atomic E-state index is 12.3. The highest BCUT2D eigenvalue weighted by molar-refractivity contribution is 6.00. The van der Waals surface area contributed by atoms with Gasteiger partial charge in [-0.05, 0) is 25.5 Å². The van der Waals surface area contributed by atoms with E-state index in [1.54, 1.807) is 32.4 Å². The topological polar surface area (TPSA) is 44.8 Å². The number of hydrogen-bond acceptors (Lipinski definition) is 4. The number of benzene rings is 1. The molecule has 1 atom stereocenters. The fourth-order valence-electron chi connectivity index (χ4n) is 1.72. The number of Topliss-reactive ketones (excluding diaryl/α,β-unsaturated/α-hetero) is 1. The van der Waals surface area contributed by atoms with Crippen molar-refractivity contribution in [1.29, 1.82) is 0 Å². The van der Waals surface area contributed by atoms with Crippen molar-refractivity contribution in [1.82, 2.24) is 0 Å². The zero-order chi connectivity index (χ0) is 13.5. The number of methoxy groups -OCH3 is 2. The summed E-state index contributed by atoms with van der Waals surface area (Å²) in [6, 6.07) is 5.14. The van der Waals surface area contributed by atoms with Gasteiger partial charge >= 0.3 is 0 Å². The molecule has 4 heteroatoms. The normalized spacial score (nSPS) is 12.0. The summed E-state index contributed by atoms with van der Waals surface area (Å²) in [7, 11) is 3.12. The van der Waals surface area contributed by atoms with Crippen LogP contribution in [0.4, 0.5) is 0 Å². The van der Waals surface area contributed by atoms with Crippen molar-refractivity contribution in [2.45, 2.75) is 26.4 Å². The number of ketones is 1. The Morgan fingerprint density at radius 2 is 1.67 bits per heavy atom. The smallest absolute Gasteiger partial charge is 0.191 e. The van der Waals surface area contributed by atoms with E-state index in [4.69, 9.17) is 14.2 Å². The van der Waals surface area contributed by atoms with Crippen LogP contribution in [0.5, 0.6) is 11.5 Å². The molecule has 0 spiro atoms. The first-order valence-electron chi connectivity index (χ1n) is 6.05. The Kier molecular flexibility index (Phi) is 5.65. The van der Waals surface area contributed by atoms with Gasteiger partial charge < -0.3 is 14.2 Å². The minimum Gasteiger partial charge on any atom is -0.497 e. The SMILES string of the molecule is CCOC(CC)C(=O)c1cc(OC)cc(OC)c1. The molecule has 0 saturated heterocycles. The Morgan fingerprint density at radius 1 is 1.11 bits per heavy atom. The molecule has 0 aliphatic carbocycles. The lowest BCUT2D eigenvalue weighted by Crippen LogP contribution is -2.23. The number of hydrogen-bond donors (Lipinski definition) is 0. The van der Waals surface area contributed by atoms with Crippen molar-refractivity contribution in [2.24, 2.45) is 0 Å². The van der Waals surface area contributed by atoms with Gasteiger partial charge in [0.1, 0.15) is 17.6 Å². The summed E-state index contributed by atoms with van der Waals surface area (Å²) >= 11 is 0. The van der Waals surface area contributed by atoms with E-state index in [2.05, 4.69) is 0 Å². The fraction of sp³-hybridized carbons (Fsp3) is 0.500. The first-order valence-corrected chi connectivity index (χ1v) is 6.05. The van der Waals surface area contributed by atoms with Crippen molar-refractivity contribution in [3.63, 3.8) is 0 Å².